The second-order valence-corrected chi connectivity index (χ2v) is 4.39. The van der Waals surface area contributed by atoms with E-state index in [0.717, 1.165) is 25.8 Å². The van der Waals surface area contributed by atoms with Gasteiger partial charge in [0.25, 0.3) is 0 Å². The van der Waals surface area contributed by atoms with Crippen LogP contribution in [0.25, 0.3) is 0 Å². The molecular weight excluding hydrogens is 258 g/mol. The molecule has 2 atom stereocenters. The Balaban J connectivity index is 0.00000172. The highest BCUT2D eigenvalue weighted by molar-refractivity contribution is 5.77. The van der Waals surface area contributed by atoms with E-state index in [4.69, 9.17) is 5.73 Å². The van der Waals surface area contributed by atoms with Crippen LogP contribution in [0.4, 0.5) is 0 Å². The number of H-pyrrole nitrogens is 1. The summed E-state index contributed by atoms with van der Waals surface area (Å²) in [4.78, 5) is 10.7. The van der Waals surface area contributed by atoms with Crippen molar-refractivity contribution in [2.45, 2.75) is 44.8 Å². The third kappa shape index (κ3) is 7.88. The first-order chi connectivity index (χ1) is 9.61. The highest BCUT2D eigenvalue weighted by atomic mass is 16.3. The molecule has 7 nitrogen and oxygen atoms in total. The largest absolute Gasteiger partial charge is 0.390 e. The van der Waals surface area contributed by atoms with E-state index < -0.39 is 12.2 Å². The van der Waals surface area contributed by atoms with Gasteiger partial charge in [-0.2, -0.15) is 0 Å². The van der Waals surface area contributed by atoms with Gasteiger partial charge in [0.1, 0.15) is 6.10 Å². The minimum atomic E-state index is -0.892. The zero-order valence-corrected chi connectivity index (χ0v) is 12.3. The highest BCUT2D eigenvalue weighted by Gasteiger charge is 2.18. The molecule has 0 aromatic carbocycles. The van der Waals surface area contributed by atoms with Crippen molar-refractivity contribution in [3.8, 4) is 0 Å². The molecule has 0 spiro atoms. The van der Waals surface area contributed by atoms with Crippen molar-refractivity contribution in [1.29, 1.82) is 0 Å². The molecule has 1 aromatic rings. The fraction of sp³-hybridized carbons (Fsp3) is 0.692. The molecule has 0 radical (unpaired) electrons. The van der Waals surface area contributed by atoms with Crippen LogP contribution in [0.1, 0.15) is 44.4 Å². The number of nitrogens with zero attached hydrogens (tertiary/aromatic N) is 2. The highest BCUT2D eigenvalue weighted by Crippen LogP contribution is 2.18. The Morgan fingerprint density at radius 1 is 1.35 bits per heavy atom. The molecule has 0 saturated carbocycles. The molecule has 20 heavy (non-hydrogen) atoms. The molecule has 7 N–H and O–H groups in total. The fourth-order valence-electron chi connectivity index (χ4n) is 1.69. The number of amidine groups is 1. The summed E-state index contributed by atoms with van der Waals surface area (Å²) < 4.78 is 0. The number of rotatable bonds is 8. The summed E-state index contributed by atoms with van der Waals surface area (Å²) in [5.74, 6) is 0.602. The molecule has 0 saturated heterocycles. The molecule has 7 heteroatoms. The van der Waals surface area contributed by atoms with Gasteiger partial charge < -0.3 is 26.7 Å². The van der Waals surface area contributed by atoms with E-state index >= 15 is 0 Å². The number of aliphatic imine (C=N–C) groups is 1. The number of hydrogen-bond acceptors (Lipinski definition) is 5. The smallest absolute Gasteiger partial charge is 0.121 e. The van der Waals surface area contributed by atoms with E-state index in [9.17, 15) is 10.2 Å². The normalized spacial score (nSPS) is 14.3. The Morgan fingerprint density at radius 2 is 2.05 bits per heavy atom. The van der Waals surface area contributed by atoms with E-state index in [-0.39, 0.29) is 0 Å². The molecular formula is C13H27N5O2. The number of nitrogens with two attached hydrogens (primary N) is 2. The maximum atomic E-state index is 9.79. The molecule has 0 aliphatic heterocycles. The SMILES string of the molecule is CC(N)=NCCCCCC(O)C(O)c1cnc[nH]1.CN. The quantitative estimate of drug-likeness (QED) is 0.266. The van der Waals surface area contributed by atoms with Crippen molar-refractivity contribution in [3.63, 3.8) is 0 Å². The van der Waals surface area contributed by atoms with E-state index in [2.05, 4.69) is 20.7 Å². The average molecular weight is 285 g/mol. The Bertz CT molecular complexity index is 350. The van der Waals surface area contributed by atoms with Gasteiger partial charge in [-0.25, -0.2) is 4.98 Å². The summed E-state index contributed by atoms with van der Waals surface area (Å²) in [5.41, 5.74) is 10.5. The van der Waals surface area contributed by atoms with Crippen molar-refractivity contribution >= 4 is 5.84 Å². The first-order valence-corrected chi connectivity index (χ1v) is 6.80. The van der Waals surface area contributed by atoms with Gasteiger partial charge in [-0.05, 0) is 26.8 Å². The number of imidazole rings is 1. The third-order valence-electron chi connectivity index (χ3n) is 2.72. The number of aromatic amines is 1. The molecule has 0 fully saturated rings. The topological polar surface area (TPSA) is 134 Å². The Kier molecular flexibility index (Phi) is 10.6. The minimum absolute atomic E-state index is 0.547. The number of nitrogens with one attached hydrogen (secondary N) is 1. The van der Waals surface area contributed by atoms with Crippen molar-refractivity contribution < 1.29 is 10.2 Å². The van der Waals surface area contributed by atoms with Gasteiger partial charge in [-0.15, -0.1) is 0 Å². The maximum Gasteiger partial charge on any atom is 0.121 e. The van der Waals surface area contributed by atoms with E-state index in [1.54, 1.807) is 6.92 Å². The van der Waals surface area contributed by atoms with Gasteiger partial charge in [-0.3, -0.25) is 4.99 Å². The summed E-state index contributed by atoms with van der Waals surface area (Å²) >= 11 is 0. The standard InChI is InChI=1S/C12H22N4O2.CH5N/c1-9(13)15-6-4-2-3-5-11(17)12(18)10-7-14-8-16-10;1-2/h7-8,11-12,17-18H,2-6H2,1H3,(H2,13,15)(H,14,16);2H2,1H3. The lowest BCUT2D eigenvalue weighted by atomic mass is 10.0. The van der Waals surface area contributed by atoms with Crippen LogP contribution in [0.2, 0.25) is 0 Å². The van der Waals surface area contributed by atoms with Crippen LogP contribution in [0.15, 0.2) is 17.5 Å². The third-order valence-corrected chi connectivity index (χ3v) is 2.72. The number of aromatic nitrogens is 2. The first kappa shape index (κ1) is 18.6. The molecule has 1 rings (SSSR count). The van der Waals surface area contributed by atoms with Gasteiger partial charge in [0, 0.05) is 6.54 Å². The first-order valence-electron chi connectivity index (χ1n) is 6.80. The lowest BCUT2D eigenvalue weighted by Crippen LogP contribution is -2.18. The molecule has 1 aromatic heterocycles. The van der Waals surface area contributed by atoms with E-state index in [1.165, 1.54) is 19.6 Å². The number of unbranched alkanes of at least 4 members (excludes halogenated alkanes) is 2. The fourth-order valence-corrected chi connectivity index (χ4v) is 1.69. The lowest BCUT2D eigenvalue weighted by molar-refractivity contribution is 0.00976. The van der Waals surface area contributed by atoms with Crippen molar-refractivity contribution in [2.24, 2.45) is 16.5 Å². The van der Waals surface area contributed by atoms with Gasteiger partial charge in [-0.1, -0.05) is 12.8 Å². The summed E-state index contributed by atoms with van der Waals surface area (Å²) in [6.45, 7) is 2.49. The predicted octanol–water partition coefficient (Wildman–Crippen LogP) is 0.316. The van der Waals surface area contributed by atoms with Gasteiger partial charge >= 0.3 is 0 Å². The van der Waals surface area contributed by atoms with Crippen LogP contribution in [0.3, 0.4) is 0 Å². The summed E-state index contributed by atoms with van der Waals surface area (Å²) in [6, 6.07) is 0. The van der Waals surface area contributed by atoms with Crippen LogP contribution in [0.5, 0.6) is 0 Å². The van der Waals surface area contributed by atoms with Gasteiger partial charge in [0.15, 0.2) is 0 Å². The van der Waals surface area contributed by atoms with Crippen LogP contribution in [0, 0.1) is 0 Å². The number of aliphatic hydroxyl groups excluding tert-OH is 2. The monoisotopic (exact) mass is 285 g/mol. The lowest BCUT2D eigenvalue weighted by Gasteiger charge is -2.16. The zero-order chi connectivity index (χ0) is 15.4. The molecule has 0 aliphatic rings. The zero-order valence-electron chi connectivity index (χ0n) is 12.3. The average Bonchev–Trinajstić information content (AvgIpc) is 2.97. The Hall–Kier alpha value is -1.44. The van der Waals surface area contributed by atoms with E-state index in [1.807, 2.05) is 0 Å². The van der Waals surface area contributed by atoms with Crippen LogP contribution in [-0.4, -0.2) is 45.7 Å². The van der Waals surface area contributed by atoms with Crippen molar-refractivity contribution in [3.05, 3.63) is 18.2 Å². The Morgan fingerprint density at radius 3 is 2.60 bits per heavy atom. The van der Waals surface area contributed by atoms with Crippen molar-refractivity contribution in [2.75, 3.05) is 13.6 Å². The van der Waals surface area contributed by atoms with Gasteiger partial charge in [0.05, 0.1) is 30.2 Å². The van der Waals surface area contributed by atoms with Crippen LogP contribution >= 0.6 is 0 Å². The Labute approximate surface area is 120 Å². The van der Waals surface area contributed by atoms with Gasteiger partial charge in [0.2, 0.25) is 0 Å². The second-order valence-electron chi connectivity index (χ2n) is 4.39. The van der Waals surface area contributed by atoms with Crippen LogP contribution in [-0.2, 0) is 0 Å². The summed E-state index contributed by atoms with van der Waals surface area (Å²) in [5, 5.41) is 19.6. The predicted molar refractivity (Wildman–Crippen MR) is 80.3 cm³/mol. The second kappa shape index (κ2) is 11.4. The maximum absolute atomic E-state index is 9.79. The minimum Gasteiger partial charge on any atom is -0.390 e. The molecule has 1 heterocycles. The molecule has 116 valence electrons. The molecule has 0 bridgehead atoms. The van der Waals surface area contributed by atoms with Crippen molar-refractivity contribution in [1.82, 2.24) is 9.97 Å². The summed E-state index contributed by atoms with van der Waals surface area (Å²) in [6.07, 6.45) is 4.68. The van der Waals surface area contributed by atoms with Crippen LogP contribution < -0.4 is 11.5 Å². The molecule has 2 unspecified atom stereocenters. The van der Waals surface area contributed by atoms with E-state index in [0.29, 0.717) is 18.0 Å². The number of aliphatic hydroxyl groups is 2. The molecule has 0 amide bonds. The summed E-state index contributed by atoms with van der Waals surface area (Å²) in [7, 11) is 1.50. The number of hydrogen-bond donors (Lipinski definition) is 5. The molecule has 0 aliphatic carbocycles.